The molecular weight excluding hydrogens is 328 g/mol. The second-order valence-corrected chi connectivity index (χ2v) is 6.49. The lowest BCUT2D eigenvalue weighted by Crippen LogP contribution is -3.13. The van der Waals surface area contributed by atoms with Gasteiger partial charge in [-0.15, -0.1) is 0 Å². The summed E-state index contributed by atoms with van der Waals surface area (Å²) in [6, 6.07) is 20.5. The average molecular weight is 351 g/mol. The molecule has 2 aromatic carbocycles. The van der Waals surface area contributed by atoms with Gasteiger partial charge in [0.15, 0.2) is 0 Å². The van der Waals surface area contributed by atoms with Crippen LogP contribution in [0.25, 0.3) is 5.69 Å². The van der Waals surface area contributed by atoms with Gasteiger partial charge >= 0.3 is 0 Å². The molecule has 1 aliphatic rings. The monoisotopic (exact) mass is 351 g/mol. The minimum absolute atomic E-state index is 0.142. The number of aromatic nitrogens is 4. The Morgan fingerprint density at radius 1 is 1.08 bits per heavy atom. The zero-order chi connectivity index (χ0) is 17.6. The van der Waals surface area contributed by atoms with E-state index < -0.39 is 0 Å². The molecule has 0 aliphatic carbocycles. The number of tetrazole rings is 1. The van der Waals surface area contributed by atoms with Crippen molar-refractivity contribution in [3.8, 4) is 5.69 Å². The van der Waals surface area contributed by atoms with Crippen LogP contribution in [0.5, 0.6) is 0 Å². The second kappa shape index (κ2) is 8.07. The predicted octanol–water partition coefficient (Wildman–Crippen LogP) is 0.558. The molecule has 2 atom stereocenters. The molecule has 0 radical (unpaired) electrons. The van der Waals surface area contributed by atoms with Crippen molar-refractivity contribution in [1.29, 1.82) is 0 Å². The van der Waals surface area contributed by atoms with Crippen LogP contribution in [-0.4, -0.2) is 52.6 Å². The summed E-state index contributed by atoms with van der Waals surface area (Å²) in [5, 5.41) is 15.3. The molecule has 1 aliphatic heterocycles. The van der Waals surface area contributed by atoms with Crippen LogP contribution in [0.3, 0.4) is 0 Å². The fourth-order valence-corrected chi connectivity index (χ4v) is 3.27. The van der Waals surface area contributed by atoms with Crippen molar-refractivity contribution in [2.24, 2.45) is 0 Å². The van der Waals surface area contributed by atoms with Crippen LogP contribution in [0.1, 0.15) is 5.56 Å². The van der Waals surface area contributed by atoms with Gasteiger partial charge in [-0.3, -0.25) is 0 Å². The fourth-order valence-electron chi connectivity index (χ4n) is 3.27. The highest BCUT2D eigenvalue weighted by molar-refractivity contribution is 5.38. The molecule has 1 unspecified atom stereocenters. The SMILES string of the molecule is c1ccc(C[NH+]2CCO[C@@H](CNc3nnnn3-c3ccccc3)C2)cc1. The van der Waals surface area contributed by atoms with Crippen molar-refractivity contribution >= 4 is 5.95 Å². The van der Waals surface area contributed by atoms with Gasteiger partial charge in [-0.2, -0.15) is 4.68 Å². The van der Waals surface area contributed by atoms with Gasteiger partial charge in [-0.05, 0) is 22.6 Å². The lowest BCUT2D eigenvalue weighted by Gasteiger charge is -2.30. The van der Waals surface area contributed by atoms with E-state index in [1.54, 1.807) is 4.68 Å². The number of hydrogen-bond acceptors (Lipinski definition) is 5. The Hall–Kier alpha value is -2.77. The summed E-state index contributed by atoms with van der Waals surface area (Å²) in [5.74, 6) is 0.634. The molecule has 7 nitrogen and oxygen atoms in total. The fraction of sp³-hybridized carbons (Fsp3) is 0.316. The molecule has 26 heavy (non-hydrogen) atoms. The van der Waals surface area contributed by atoms with Gasteiger partial charge in [-0.1, -0.05) is 53.6 Å². The zero-order valence-electron chi connectivity index (χ0n) is 14.6. The summed E-state index contributed by atoms with van der Waals surface area (Å²) in [4.78, 5) is 1.54. The summed E-state index contributed by atoms with van der Waals surface area (Å²) in [7, 11) is 0. The van der Waals surface area contributed by atoms with E-state index in [0.29, 0.717) is 12.5 Å². The van der Waals surface area contributed by atoms with Gasteiger partial charge in [0.05, 0.1) is 12.3 Å². The number of morpholine rings is 1. The molecule has 0 bridgehead atoms. The Balaban J connectivity index is 1.34. The van der Waals surface area contributed by atoms with Crippen molar-refractivity contribution in [3.63, 3.8) is 0 Å². The van der Waals surface area contributed by atoms with E-state index in [2.05, 4.69) is 51.2 Å². The van der Waals surface area contributed by atoms with Crippen molar-refractivity contribution in [2.75, 3.05) is 31.6 Å². The minimum Gasteiger partial charge on any atom is -0.365 e. The molecule has 0 amide bonds. The van der Waals surface area contributed by atoms with E-state index in [1.807, 2.05) is 30.3 Å². The molecule has 0 spiro atoms. The van der Waals surface area contributed by atoms with E-state index in [9.17, 15) is 0 Å². The van der Waals surface area contributed by atoms with Crippen molar-refractivity contribution in [3.05, 3.63) is 66.2 Å². The standard InChI is InChI=1S/C19H22N6O/c1-3-7-16(8-4-1)14-24-11-12-26-18(15-24)13-20-19-21-22-23-25(19)17-9-5-2-6-10-17/h1-10,18H,11-15H2,(H,20,21,23)/p+1/t18-/m0/s1. The third-order valence-corrected chi connectivity index (χ3v) is 4.58. The second-order valence-electron chi connectivity index (χ2n) is 6.49. The Morgan fingerprint density at radius 3 is 2.65 bits per heavy atom. The predicted molar refractivity (Wildman–Crippen MR) is 98.2 cm³/mol. The first-order chi connectivity index (χ1) is 12.9. The van der Waals surface area contributed by atoms with E-state index in [-0.39, 0.29) is 6.10 Å². The van der Waals surface area contributed by atoms with Gasteiger partial charge < -0.3 is 15.0 Å². The molecular formula is C19H23N6O+. The molecule has 3 aromatic rings. The number of nitrogens with one attached hydrogen (secondary N) is 2. The Bertz CT molecular complexity index is 807. The smallest absolute Gasteiger partial charge is 0.247 e. The average Bonchev–Trinajstić information content (AvgIpc) is 3.17. The maximum Gasteiger partial charge on any atom is 0.247 e. The van der Waals surface area contributed by atoms with Crippen LogP contribution < -0.4 is 10.2 Å². The lowest BCUT2D eigenvalue weighted by atomic mass is 10.2. The third kappa shape index (κ3) is 4.07. The number of nitrogens with zero attached hydrogens (tertiary/aromatic N) is 4. The maximum atomic E-state index is 5.93. The molecule has 1 saturated heterocycles. The molecule has 2 heterocycles. The largest absolute Gasteiger partial charge is 0.365 e. The number of anilines is 1. The highest BCUT2D eigenvalue weighted by Crippen LogP contribution is 2.10. The first kappa shape index (κ1) is 16.7. The van der Waals surface area contributed by atoms with E-state index in [4.69, 9.17) is 4.74 Å². The van der Waals surface area contributed by atoms with E-state index in [1.165, 1.54) is 10.5 Å². The summed E-state index contributed by atoms with van der Waals surface area (Å²) >= 11 is 0. The summed E-state index contributed by atoms with van der Waals surface area (Å²) in [6.07, 6.45) is 0.142. The van der Waals surface area contributed by atoms with Crippen LogP contribution in [-0.2, 0) is 11.3 Å². The van der Waals surface area contributed by atoms with Crippen LogP contribution in [0.4, 0.5) is 5.95 Å². The normalized spacial score (nSPS) is 20.0. The maximum absolute atomic E-state index is 5.93. The number of para-hydroxylation sites is 1. The van der Waals surface area contributed by atoms with Crippen LogP contribution in [0, 0.1) is 0 Å². The minimum atomic E-state index is 0.142. The van der Waals surface area contributed by atoms with Crippen molar-refractivity contribution in [2.45, 2.75) is 12.6 Å². The van der Waals surface area contributed by atoms with Crippen molar-refractivity contribution < 1.29 is 9.64 Å². The quantitative estimate of drug-likeness (QED) is 0.679. The zero-order valence-corrected chi connectivity index (χ0v) is 14.6. The van der Waals surface area contributed by atoms with Crippen LogP contribution >= 0.6 is 0 Å². The number of rotatable bonds is 6. The van der Waals surface area contributed by atoms with Gasteiger partial charge in [0.1, 0.15) is 25.7 Å². The molecule has 7 heteroatoms. The molecule has 1 aromatic heterocycles. The van der Waals surface area contributed by atoms with Gasteiger partial charge in [0.2, 0.25) is 5.95 Å². The highest BCUT2D eigenvalue weighted by Gasteiger charge is 2.24. The summed E-state index contributed by atoms with van der Waals surface area (Å²) in [5.41, 5.74) is 2.30. The first-order valence-electron chi connectivity index (χ1n) is 8.95. The number of quaternary nitrogens is 1. The lowest BCUT2D eigenvalue weighted by molar-refractivity contribution is -0.924. The van der Waals surface area contributed by atoms with Gasteiger partial charge in [-0.25, -0.2) is 0 Å². The van der Waals surface area contributed by atoms with Gasteiger partial charge in [0.25, 0.3) is 0 Å². The molecule has 4 rings (SSSR count). The number of benzene rings is 2. The summed E-state index contributed by atoms with van der Waals surface area (Å²) in [6.45, 7) is 4.49. The highest BCUT2D eigenvalue weighted by atomic mass is 16.5. The number of ether oxygens (including phenoxy) is 1. The molecule has 0 saturated carbocycles. The Kier molecular flexibility index (Phi) is 5.18. The van der Waals surface area contributed by atoms with Crippen molar-refractivity contribution in [1.82, 2.24) is 20.2 Å². The first-order valence-corrected chi connectivity index (χ1v) is 8.95. The Morgan fingerprint density at radius 2 is 1.85 bits per heavy atom. The molecule has 1 fully saturated rings. The molecule has 134 valence electrons. The number of hydrogen-bond donors (Lipinski definition) is 2. The summed E-state index contributed by atoms with van der Waals surface area (Å²) < 4.78 is 7.63. The van der Waals surface area contributed by atoms with E-state index >= 15 is 0 Å². The van der Waals surface area contributed by atoms with E-state index in [0.717, 1.165) is 31.9 Å². The topological polar surface area (TPSA) is 69.3 Å². The van der Waals surface area contributed by atoms with Gasteiger partial charge in [0, 0.05) is 12.1 Å². The molecule has 2 N–H and O–H groups in total. The Labute approximate surface area is 152 Å². The third-order valence-electron chi connectivity index (χ3n) is 4.58. The van der Waals surface area contributed by atoms with Crippen LogP contribution in [0.2, 0.25) is 0 Å². The van der Waals surface area contributed by atoms with Crippen LogP contribution in [0.15, 0.2) is 60.7 Å².